The molecule has 0 bridgehead atoms. The Bertz CT molecular complexity index is 970. The predicted octanol–water partition coefficient (Wildman–Crippen LogP) is 6.38. The number of para-hydroxylation sites is 1. The van der Waals surface area contributed by atoms with Gasteiger partial charge in [-0.2, -0.15) is 0 Å². The highest BCUT2D eigenvalue weighted by atomic mass is 79.9. The highest BCUT2D eigenvalue weighted by Gasteiger charge is 2.13. The fourth-order valence-corrected chi connectivity index (χ4v) is 3.68. The first kappa shape index (κ1) is 16.0. The number of hydrogen-bond donors (Lipinski definition) is 0. The molecule has 0 spiro atoms. The van der Waals surface area contributed by atoms with Crippen LogP contribution in [0.25, 0.3) is 27.3 Å². The van der Waals surface area contributed by atoms with E-state index >= 15 is 0 Å². The molecule has 4 aromatic rings. The number of aromatic nitrogens is 2. The van der Waals surface area contributed by atoms with Crippen LogP contribution in [0.5, 0.6) is 0 Å². The van der Waals surface area contributed by atoms with E-state index in [-0.39, 0.29) is 0 Å². The van der Waals surface area contributed by atoms with Gasteiger partial charge in [0.15, 0.2) is 0 Å². The van der Waals surface area contributed by atoms with Gasteiger partial charge in [-0.25, -0.2) is 4.98 Å². The molecular weight excluding hydrogens is 348 g/mol. The second-order valence-corrected chi connectivity index (χ2v) is 6.19. The molecule has 0 saturated heterocycles. The van der Waals surface area contributed by atoms with Crippen molar-refractivity contribution in [2.45, 2.75) is 33.6 Å². The molecule has 0 radical (unpaired) electrons. The van der Waals surface area contributed by atoms with Gasteiger partial charge in [-0.15, -0.1) is 0 Å². The van der Waals surface area contributed by atoms with E-state index in [9.17, 15) is 0 Å². The van der Waals surface area contributed by atoms with E-state index in [2.05, 4.69) is 69.7 Å². The Hall–Kier alpha value is -1.87. The number of pyridine rings is 1. The van der Waals surface area contributed by atoms with Gasteiger partial charge in [0.1, 0.15) is 5.65 Å². The molecule has 0 aliphatic carbocycles. The first-order valence-corrected chi connectivity index (χ1v) is 9.06. The number of halogens is 1. The van der Waals surface area contributed by atoms with Gasteiger partial charge in [0.05, 0.1) is 5.52 Å². The van der Waals surface area contributed by atoms with Crippen molar-refractivity contribution in [3.05, 3.63) is 58.8 Å². The normalized spacial score (nSPS) is 11.0. The Morgan fingerprint density at radius 2 is 1.65 bits per heavy atom. The zero-order chi connectivity index (χ0) is 16.4. The number of imidazole rings is 1. The van der Waals surface area contributed by atoms with E-state index in [1.165, 1.54) is 27.4 Å². The molecular formula is C20H21BrN2. The van der Waals surface area contributed by atoms with Crippen molar-refractivity contribution in [1.29, 1.82) is 0 Å². The fraction of sp³-hybridized carbons (Fsp3) is 0.250. The Morgan fingerprint density at radius 3 is 2.39 bits per heavy atom. The molecule has 4 rings (SSSR count). The molecule has 2 aromatic carbocycles. The van der Waals surface area contributed by atoms with E-state index in [0.717, 1.165) is 23.0 Å². The average molecular weight is 369 g/mol. The summed E-state index contributed by atoms with van der Waals surface area (Å²) in [6, 6.07) is 14.9. The van der Waals surface area contributed by atoms with Crippen molar-refractivity contribution in [2.75, 3.05) is 0 Å². The summed E-state index contributed by atoms with van der Waals surface area (Å²) >= 11 is 3.73. The van der Waals surface area contributed by atoms with E-state index in [1.807, 2.05) is 20.0 Å². The van der Waals surface area contributed by atoms with E-state index in [0.29, 0.717) is 0 Å². The first-order valence-electron chi connectivity index (χ1n) is 8.26. The summed E-state index contributed by atoms with van der Waals surface area (Å²) in [7, 11) is 0. The summed E-state index contributed by atoms with van der Waals surface area (Å²) in [5, 5.41) is 3.74. The maximum Gasteiger partial charge on any atom is 0.145 e. The number of hydrogen-bond acceptors (Lipinski definition) is 1. The smallest absolute Gasteiger partial charge is 0.145 e. The lowest BCUT2D eigenvalue weighted by Gasteiger charge is -2.11. The minimum Gasteiger partial charge on any atom is -0.295 e. The molecule has 0 amide bonds. The molecule has 0 fully saturated rings. The highest BCUT2D eigenvalue weighted by molar-refractivity contribution is 9.10. The van der Waals surface area contributed by atoms with Gasteiger partial charge in [-0.3, -0.25) is 4.40 Å². The van der Waals surface area contributed by atoms with Gasteiger partial charge in [0, 0.05) is 27.1 Å². The lowest BCUT2D eigenvalue weighted by molar-refractivity contribution is 0.877. The van der Waals surface area contributed by atoms with Crippen LogP contribution < -0.4 is 0 Å². The van der Waals surface area contributed by atoms with Gasteiger partial charge in [-0.1, -0.05) is 63.6 Å². The maximum atomic E-state index is 4.70. The largest absolute Gasteiger partial charge is 0.295 e. The van der Waals surface area contributed by atoms with Crippen LogP contribution in [0.3, 0.4) is 0 Å². The first-order chi connectivity index (χ1) is 11.3. The van der Waals surface area contributed by atoms with Gasteiger partial charge in [0.2, 0.25) is 0 Å². The minimum atomic E-state index is 1.04. The van der Waals surface area contributed by atoms with Gasteiger partial charge in [-0.05, 0) is 33.8 Å². The predicted molar refractivity (Wildman–Crippen MR) is 103 cm³/mol. The van der Waals surface area contributed by atoms with Crippen LogP contribution in [0.1, 0.15) is 32.9 Å². The number of fused-ring (bicyclic) bond motifs is 6. The SMILES string of the molecule is CC.CCCc1cnc2c3ccccc3c3cccc(Br)c3n12. The average Bonchev–Trinajstić information content (AvgIpc) is 3.01. The molecule has 0 atom stereocenters. The Morgan fingerprint density at radius 1 is 0.957 bits per heavy atom. The third-order valence-electron chi connectivity index (χ3n) is 4.01. The number of rotatable bonds is 2. The molecule has 0 aliphatic rings. The maximum absolute atomic E-state index is 4.70. The molecule has 118 valence electrons. The quantitative estimate of drug-likeness (QED) is 0.375. The minimum absolute atomic E-state index is 1.04. The summed E-state index contributed by atoms with van der Waals surface area (Å²) < 4.78 is 3.43. The number of nitrogens with zero attached hydrogens (tertiary/aromatic N) is 2. The summed E-state index contributed by atoms with van der Waals surface area (Å²) in [6.45, 7) is 6.21. The second-order valence-electron chi connectivity index (χ2n) is 5.34. The monoisotopic (exact) mass is 368 g/mol. The van der Waals surface area contributed by atoms with Crippen LogP contribution in [-0.2, 0) is 6.42 Å². The van der Waals surface area contributed by atoms with Crippen molar-refractivity contribution in [3.8, 4) is 0 Å². The van der Waals surface area contributed by atoms with E-state index in [1.54, 1.807) is 0 Å². The Kier molecular flexibility index (Phi) is 4.67. The van der Waals surface area contributed by atoms with Crippen molar-refractivity contribution in [2.24, 2.45) is 0 Å². The molecule has 23 heavy (non-hydrogen) atoms. The van der Waals surface area contributed by atoms with Crippen molar-refractivity contribution < 1.29 is 0 Å². The third kappa shape index (κ3) is 2.53. The summed E-state index contributed by atoms with van der Waals surface area (Å²) in [5.74, 6) is 0. The van der Waals surface area contributed by atoms with Gasteiger partial charge >= 0.3 is 0 Å². The van der Waals surface area contributed by atoms with Crippen molar-refractivity contribution >= 4 is 43.3 Å². The van der Waals surface area contributed by atoms with Crippen LogP contribution in [-0.4, -0.2) is 9.38 Å². The molecule has 2 nitrogen and oxygen atoms in total. The molecule has 2 aromatic heterocycles. The van der Waals surface area contributed by atoms with Crippen LogP contribution in [0.15, 0.2) is 53.1 Å². The molecule has 0 N–H and O–H groups in total. The van der Waals surface area contributed by atoms with Crippen LogP contribution >= 0.6 is 15.9 Å². The highest BCUT2D eigenvalue weighted by Crippen LogP contribution is 2.33. The zero-order valence-electron chi connectivity index (χ0n) is 13.8. The Balaban J connectivity index is 0.000000753. The van der Waals surface area contributed by atoms with Crippen LogP contribution in [0.4, 0.5) is 0 Å². The lowest BCUT2D eigenvalue weighted by atomic mass is 10.1. The molecule has 0 aliphatic heterocycles. The number of benzene rings is 2. The molecule has 3 heteroatoms. The second kappa shape index (κ2) is 6.71. The van der Waals surface area contributed by atoms with E-state index in [4.69, 9.17) is 4.98 Å². The van der Waals surface area contributed by atoms with Gasteiger partial charge < -0.3 is 0 Å². The Labute approximate surface area is 145 Å². The summed E-state index contributed by atoms with van der Waals surface area (Å²) in [5.41, 5.74) is 3.54. The fourth-order valence-electron chi connectivity index (χ4n) is 3.13. The molecule has 0 unspecified atom stereocenters. The van der Waals surface area contributed by atoms with Crippen LogP contribution in [0.2, 0.25) is 0 Å². The third-order valence-corrected chi connectivity index (χ3v) is 4.65. The van der Waals surface area contributed by atoms with Crippen LogP contribution in [0, 0.1) is 0 Å². The zero-order valence-corrected chi connectivity index (χ0v) is 15.4. The van der Waals surface area contributed by atoms with Crippen molar-refractivity contribution in [1.82, 2.24) is 9.38 Å². The van der Waals surface area contributed by atoms with Gasteiger partial charge in [0.25, 0.3) is 0 Å². The topological polar surface area (TPSA) is 17.3 Å². The van der Waals surface area contributed by atoms with E-state index < -0.39 is 0 Å². The molecule has 2 heterocycles. The summed E-state index contributed by atoms with van der Waals surface area (Å²) in [6.07, 6.45) is 4.17. The lowest BCUT2D eigenvalue weighted by Crippen LogP contribution is -1.97. The molecule has 0 saturated carbocycles. The summed E-state index contributed by atoms with van der Waals surface area (Å²) in [4.78, 5) is 4.70. The number of aryl methyl sites for hydroxylation is 1. The standard InChI is InChI=1S/C18H15BrN2.C2H6/c1-2-6-12-11-20-18-15-8-4-3-7-13(15)14-9-5-10-16(19)17(14)21(12)18;1-2/h3-5,7-11H,2,6H2,1H3;1-2H3. The van der Waals surface area contributed by atoms with Crippen molar-refractivity contribution in [3.63, 3.8) is 0 Å².